The molecule has 0 bridgehead atoms. The lowest BCUT2D eigenvalue weighted by Crippen LogP contribution is -2.27. The van der Waals surface area contributed by atoms with Crippen molar-refractivity contribution in [2.45, 2.75) is 83.7 Å². The molecule has 1 unspecified atom stereocenters. The highest BCUT2D eigenvalue weighted by Gasteiger charge is 2.44. The minimum Gasteiger partial charge on any atom is -0.393 e. The molecule has 1 aromatic carbocycles. The second-order valence-electron chi connectivity index (χ2n) is 7.78. The summed E-state index contributed by atoms with van der Waals surface area (Å²) < 4.78 is 0. The van der Waals surface area contributed by atoms with Crippen molar-refractivity contribution in [1.82, 2.24) is 0 Å². The Kier molecular flexibility index (Phi) is 5.23. The maximum Gasteiger partial charge on any atom is 0.0577 e. The Labute approximate surface area is 136 Å². The van der Waals surface area contributed by atoms with E-state index in [1.165, 1.54) is 68.9 Å². The van der Waals surface area contributed by atoms with Crippen LogP contribution >= 0.6 is 0 Å². The maximum absolute atomic E-state index is 9.86. The van der Waals surface area contributed by atoms with Gasteiger partial charge in [-0.3, -0.25) is 0 Å². The molecule has 2 fully saturated rings. The Morgan fingerprint density at radius 1 is 1.14 bits per heavy atom. The van der Waals surface area contributed by atoms with Crippen LogP contribution in [0.2, 0.25) is 0 Å². The summed E-state index contributed by atoms with van der Waals surface area (Å²) in [6, 6.07) is 8.96. The molecule has 2 aliphatic carbocycles. The second-order valence-corrected chi connectivity index (χ2v) is 7.78. The van der Waals surface area contributed by atoms with Gasteiger partial charge in [0.15, 0.2) is 0 Å². The average Bonchev–Trinajstić information content (AvgIpc) is 3.39. The van der Waals surface area contributed by atoms with Gasteiger partial charge in [-0.15, -0.1) is 0 Å². The lowest BCUT2D eigenvalue weighted by atomic mass is 9.67. The summed E-state index contributed by atoms with van der Waals surface area (Å²) in [6.07, 6.45) is 14.4. The molecule has 1 aromatic rings. The average molecular weight is 300 g/mol. The van der Waals surface area contributed by atoms with Crippen molar-refractivity contribution in [1.29, 1.82) is 0 Å². The van der Waals surface area contributed by atoms with Gasteiger partial charge in [0, 0.05) is 0 Å². The number of rotatable bonds is 7. The van der Waals surface area contributed by atoms with Crippen molar-refractivity contribution in [3.8, 4) is 0 Å². The molecule has 0 spiro atoms. The fourth-order valence-corrected chi connectivity index (χ4v) is 4.54. The molecule has 1 atom stereocenters. The zero-order valence-corrected chi connectivity index (χ0v) is 14.2. The van der Waals surface area contributed by atoms with E-state index in [9.17, 15) is 5.11 Å². The smallest absolute Gasteiger partial charge is 0.0577 e. The van der Waals surface area contributed by atoms with E-state index in [0.717, 1.165) is 18.8 Å². The minimum atomic E-state index is -0.189. The first-order valence-electron chi connectivity index (χ1n) is 9.48. The molecule has 0 amide bonds. The molecule has 0 saturated heterocycles. The molecule has 22 heavy (non-hydrogen) atoms. The standard InChI is InChI=1S/C21H32O/c1-2-20(22)16-18-8-6-7-17(15-18)11-14-21(19-9-10-19)12-4-3-5-13-21/h6-8,15,19-20,22H,2-5,9-14,16H2,1H3. The van der Waals surface area contributed by atoms with Crippen LogP contribution in [0.3, 0.4) is 0 Å². The van der Waals surface area contributed by atoms with Crippen molar-refractivity contribution in [3.05, 3.63) is 35.4 Å². The molecule has 2 aliphatic rings. The van der Waals surface area contributed by atoms with Gasteiger partial charge < -0.3 is 5.11 Å². The lowest BCUT2D eigenvalue weighted by Gasteiger charge is -2.38. The number of aliphatic hydroxyl groups is 1. The molecule has 1 nitrogen and oxygen atoms in total. The molecular weight excluding hydrogens is 268 g/mol. The van der Waals surface area contributed by atoms with Crippen LogP contribution < -0.4 is 0 Å². The first-order valence-corrected chi connectivity index (χ1v) is 9.48. The van der Waals surface area contributed by atoms with Crippen molar-refractivity contribution < 1.29 is 5.11 Å². The molecule has 0 radical (unpaired) electrons. The highest BCUT2D eigenvalue weighted by atomic mass is 16.3. The molecule has 0 heterocycles. The first-order chi connectivity index (χ1) is 10.7. The molecule has 1 N–H and O–H groups in total. The summed E-state index contributed by atoms with van der Waals surface area (Å²) in [5, 5.41) is 9.86. The van der Waals surface area contributed by atoms with E-state index < -0.39 is 0 Å². The third kappa shape index (κ3) is 3.93. The summed E-state index contributed by atoms with van der Waals surface area (Å²) in [7, 11) is 0. The Bertz CT molecular complexity index is 469. The van der Waals surface area contributed by atoms with Crippen LogP contribution in [0, 0.1) is 11.3 Å². The van der Waals surface area contributed by atoms with Crippen molar-refractivity contribution >= 4 is 0 Å². The Balaban J connectivity index is 1.61. The van der Waals surface area contributed by atoms with E-state index in [1.54, 1.807) is 0 Å². The van der Waals surface area contributed by atoms with Gasteiger partial charge in [0.1, 0.15) is 0 Å². The normalized spacial score (nSPS) is 22.5. The molecule has 2 saturated carbocycles. The van der Waals surface area contributed by atoms with Crippen molar-refractivity contribution in [2.75, 3.05) is 0 Å². The van der Waals surface area contributed by atoms with Gasteiger partial charge in [0.05, 0.1) is 6.10 Å². The fraction of sp³-hybridized carbons (Fsp3) is 0.714. The Morgan fingerprint density at radius 2 is 1.86 bits per heavy atom. The maximum atomic E-state index is 9.86. The number of benzene rings is 1. The summed E-state index contributed by atoms with van der Waals surface area (Å²) >= 11 is 0. The van der Waals surface area contributed by atoms with Crippen LogP contribution in [0.4, 0.5) is 0 Å². The third-order valence-electron chi connectivity index (χ3n) is 6.14. The number of hydrogen-bond donors (Lipinski definition) is 1. The van der Waals surface area contributed by atoms with Gasteiger partial charge in [-0.1, -0.05) is 50.5 Å². The van der Waals surface area contributed by atoms with Crippen LogP contribution in [0.1, 0.15) is 75.8 Å². The minimum absolute atomic E-state index is 0.189. The monoisotopic (exact) mass is 300 g/mol. The highest BCUT2D eigenvalue weighted by Crippen LogP contribution is 2.55. The topological polar surface area (TPSA) is 20.2 Å². The first kappa shape index (κ1) is 16.1. The predicted octanol–water partition coefficient (Wildman–Crippen LogP) is 5.29. The largest absolute Gasteiger partial charge is 0.393 e. The fourth-order valence-electron chi connectivity index (χ4n) is 4.54. The summed E-state index contributed by atoms with van der Waals surface area (Å²) in [5.41, 5.74) is 3.46. The molecule has 0 aromatic heterocycles. The van der Waals surface area contributed by atoms with Crippen LogP contribution in [0.5, 0.6) is 0 Å². The van der Waals surface area contributed by atoms with Gasteiger partial charge in [0.2, 0.25) is 0 Å². The Hall–Kier alpha value is -0.820. The SMILES string of the molecule is CCC(O)Cc1cccc(CCC2(C3CC3)CCCCC2)c1. The summed E-state index contributed by atoms with van der Waals surface area (Å²) in [5.74, 6) is 1.04. The quantitative estimate of drug-likeness (QED) is 0.725. The van der Waals surface area contributed by atoms with E-state index in [1.807, 2.05) is 0 Å². The Morgan fingerprint density at radius 3 is 2.55 bits per heavy atom. The number of aliphatic hydroxyl groups excluding tert-OH is 1. The van der Waals surface area contributed by atoms with Gasteiger partial charge in [-0.25, -0.2) is 0 Å². The van der Waals surface area contributed by atoms with Crippen molar-refractivity contribution in [2.24, 2.45) is 11.3 Å². The number of aryl methyl sites for hydroxylation is 1. The van der Waals surface area contributed by atoms with E-state index in [4.69, 9.17) is 0 Å². The highest BCUT2D eigenvalue weighted by molar-refractivity contribution is 5.24. The van der Waals surface area contributed by atoms with Crippen molar-refractivity contribution in [3.63, 3.8) is 0 Å². The van der Waals surface area contributed by atoms with Gasteiger partial charge in [-0.05, 0) is 73.8 Å². The molecule has 1 heteroatoms. The zero-order valence-electron chi connectivity index (χ0n) is 14.2. The third-order valence-corrected chi connectivity index (χ3v) is 6.14. The van der Waals surface area contributed by atoms with E-state index in [0.29, 0.717) is 5.41 Å². The summed E-state index contributed by atoms with van der Waals surface area (Å²) in [6.45, 7) is 2.05. The molecular formula is C21H32O. The van der Waals surface area contributed by atoms with E-state index in [2.05, 4.69) is 31.2 Å². The number of hydrogen-bond acceptors (Lipinski definition) is 1. The van der Waals surface area contributed by atoms with Gasteiger partial charge in [0.25, 0.3) is 0 Å². The lowest BCUT2D eigenvalue weighted by molar-refractivity contribution is 0.139. The van der Waals surface area contributed by atoms with Crippen LogP contribution in [-0.2, 0) is 12.8 Å². The molecule has 0 aliphatic heterocycles. The predicted molar refractivity (Wildman–Crippen MR) is 93.0 cm³/mol. The van der Waals surface area contributed by atoms with Crippen LogP contribution in [0.25, 0.3) is 0 Å². The van der Waals surface area contributed by atoms with Crippen LogP contribution in [0.15, 0.2) is 24.3 Å². The molecule has 3 rings (SSSR count). The molecule has 122 valence electrons. The second kappa shape index (κ2) is 7.17. The van der Waals surface area contributed by atoms with E-state index >= 15 is 0 Å². The zero-order chi connectivity index (χ0) is 15.4. The van der Waals surface area contributed by atoms with E-state index in [-0.39, 0.29) is 6.10 Å². The van der Waals surface area contributed by atoms with Gasteiger partial charge >= 0.3 is 0 Å². The summed E-state index contributed by atoms with van der Waals surface area (Å²) in [4.78, 5) is 0. The van der Waals surface area contributed by atoms with Crippen LogP contribution in [-0.4, -0.2) is 11.2 Å². The van der Waals surface area contributed by atoms with Gasteiger partial charge in [-0.2, -0.15) is 0 Å².